The smallest absolute Gasteiger partial charge is 0.355 e. The Hall–Kier alpha value is -2.64. The molecule has 1 saturated heterocycles. The summed E-state index contributed by atoms with van der Waals surface area (Å²) in [5.41, 5.74) is 2.01. The molecule has 0 spiro atoms. The highest BCUT2D eigenvalue weighted by molar-refractivity contribution is 8.01. The molecule has 1 amide bonds. The van der Waals surface area contributed by atoms with Crippen molar-refractivity contribution in [1.82, 2.24) is 4.98 Å². The van der Waals surface area contributed by atoms with Crippen LogP contribution in [0.4, 0.5) is 5.69 Å². The lowest BCUT2D eigenvalue weighted by Gasteiger charge is -2.25. The molecular weight excluding hydrogens is 412 g/mol. The van der Waals surface area contributed by atoms with Gasteiger partial charge < -0.3 is 14.8 Å². The molecule has 0 radical (unpaired) electrons. The summed E-state index contributed by atoms with van der Waals surface area (Å²) in [5, 5.41) is 10.8. The van der Waals surface area contributed by atoms with Crippen LogP contribution in [0.2, 0.25) is 5.02 Å². The molecule has 6 nitrogen and oxygen atoms in total. The molecule has 8 heteroatoms. The summed E-state index contributed by atoms with van der Waals surface area (Å²) in [6.07, 6.45) is 0. The average molecular weight is 431 g/mol. The lowest BCUT2D eigenvalue weighted by Crippen LogP contribution is -2.30. The number of aromatic amines is 1. The lowest BCUT2D eigenvalue weighted by atomic mass is 10.1. The number of aromatic hydroxyl groups is 1. The minimum Gasteiger partial charge on any atom is -0.506 e. The Bertz CT molecular complexity index is 1110. The maximum absolute atomic E-state index is 13.0. The van der Waals surface area contributed by atoms with E-state index in [1.165, 1.54) is 22.7 Å². The Morgan fingerprint density at radius 1 is 1.31 bits per heavy atom. The second kappa shape index (κ2) is 7.65. The van der Waals surface area contributed by atoms with Crippen LogP contribution in [-0.2, 0) is 9.53 Å². The number of hydrogen-bond acceptors (Lipinski definition) is 5. The number of thioether (sulfide) groups is 1. The van der Waals surface area contributed by atoms with Gasteiger partial charge in [-0.05, 0) is 44.2 Å². The van der Waals surface area contributed by atoms with Gasteiger partial charge in [-0.3, -0.25) is 9.69 Å². The van der Waals surface area contributed by atoms with Crippen molar-refractivity contribution in [3.05, 3.63) is 58.7 Å². The van der Waals surface area contributed by atoms with E-state index in [0.717, 1.165) is 10.9 Å². The summed E-state index contributed by atoms with van der Waals surface area (Å²) in [6, 6.07) is 12.0. The Kier molecular flexibility index (Phi) is 5.19. The van der Waals surface area contributed by atoms with Crippen molar-refractivity contribution in [2.75, 3.05) is 11.5 Å². The predicted octanol–water partition coefficient (Wildman–Crippen LogP) is 4.87. The Morgan fingerprint density at radius 3 is 2.79 bits per heavy atom. The van der Waals surface area contributed by atoms with Gasteiger partial charge in [0.25, 0.3) is 0 Å². The number of fused-ring (bicyclic) bond motifs is 1. The van der Waals surface area contributed by atoms with E-state index < -0.39 is 11.3 Å². The number of H-pyrrole nitrogens is 1. The topological polar surface area (TPSA) is 82.6 Å². The molecule has 0 saturated carbocycles. The number of carbonyl (C=O) groups excluding carboxylic acids is 2. The summed E-state index contributed by atoms with van der Waals surface area (Å²) in [6.45, 7) is 3.78. The van der Waals surface area contributed by atoms with E-state index in [1.54, 1.807) is 43.3 Å². The van der Waals surface area contributed by atoms with E-state index in [2.05, 4.69) is 4.98 Å². The number of carbonyl (C=O) groups is 2. The monoisotopic (exact) mass is 430 g/mol. The first-order valence-electron chi connectivity index (χ1n) is 9.17. The van der Waals surface area contributed by atoms with Crippen molar-refractivity contribution in [1.29, 1.82) is 0 Å². The number of phenolic OH excluding ortho intramolecular Hbond substituents is 1. The highest BCUT2D eigenvalue weighted by Gasteiger charge is 2.43. The first-order chi connectivity index (χ1) is 13.9. The van der Waals surface area contributed by atoms with Gasteiger partial charge in [-0.2, -0.15) is 0 Å². The summed E-state index contributed by atoms with van der Waals surface area (Å²) in [4.78, 5) is 30.4. The summed E-state index contributed by atoms with van der Waals surface area (Å²) >= 11 is 7.63. The van der Waals surface area contributed by atoms with Gasteiger partial charge in [0.05, 0.1) is 17.5 Å². The standard InChI is InChI=1S/C21H19ClN2O4S/c1-3-28-21(27)18-17(13-10-12(22)8-9-14(13)23-18)20-24(19(26)11(2)29-20)15-6-4-5-7-16(15)25/h4-11,20,23,25H,3H2,1-2H3. The molecule has 29 heavy (non-hydrogen) atoms. The highest BCUT2D eigenvalue weighted by Crippen LogP contribution is 2.50. The molecule has 1 fully saturated rings. The fraction of sp³-hybridized carbons (Fsp3) is 0.238. The lowest BCUT2D eigenvalue weighted by molar-refractivity contribution is -0.117. The molecular formula is C21H19ClN2O4S. The molecule has 3 aromatic rings. The van der Waals surface area contributed by atoms with Gasteiger partial charge in [0.1, 0.15) is 16.8 Å². The van der Waals surface area contributed by atoms with Crippen LogP contribution in [0.1, 0.15) is 35.3 Å². The van der Waals surface area contributed by atoms with Crippen molar-refractivity contribution in [3.63, 3.8) is 0 Å². The number of ether oxygens (including phenoxy) is 1. The van der Waals surface area contributed by atoms with Crippen LogP contribution in [0.25, 0.3) is 10.9 Å². The second-order valence-corrected chi connectivity index (χ2v) is 8.51. The van der Waals surface area contributed by atoms with E-state index in [1.807, 2.05) is 6.92 Å². The molecule has 2 aromatic carbocycles. The van der Waals surface area contributed by atoms with Crippen molar-refractivity contribution < 1.29 is 19.4 Å². The minimum absolute atomic E-state index is 0.00360. The second-order valence-electron chi connectivity index (χ2n) is 6.65. The van der Waals surface area contributed by atoms with Gasteiger partial charge in [-0.1, -0.05) is 23.7 Å². The predicted molar refractivity (Wildman–Crippen MR) is 115 cm³/mol. The molecule has 1 aliphatic heterocycles. The number of rotatable bonds is 4. The Balaban J connectivity index is 1.95. The number of para-hydroxylation sites is 2. The van der Waals surface area contributed by atoms with Crippen LogP contribution >= 0.6 is 23.4 Å². The number of phenols is 1. The number of hydrogen-bond donors (Lipinski definition) is 2. The molecule has 2 unspecified atom stereocenters. The molecule has 4 rings (SSSR count). The van der Waals surface area contributed by atoms with Crippen molar-refractivity contribution in [2.45, 2.75) is 24.5 Å². The Morgan fingerprint density at radius 2 is 2.07 bits per heavy atom. The van der Waals surface area contributed by atoms with E-state index >= 15 is 0 Å². The fourth-order valence-electron chi connectivity index (χ4n) is 3.54. The van der Waals surface area contributed by atoms with Gasteiger partial charge in [-0.25, -0.2) is 4.79 Å². The SMILES string of the molecule is CCOC(=O)c1[nH]c2ccc(Cl)cc2c1C1SC(C)C(=O)N1c1ccccc1O. The fourth-order valence-corrected chi connectivity index (χ4v) is 5.05. The zero-order valence-electron chi connectivity index (χ0n) is 15.8. The normalized spacial score (nSPS) is 19.1. The first kappa shape index (κ1) is 19.7. The number of aromatic nitrogens is 1. The van der Waals surface area contributed by atoms with Gasteiger partial charge in [0.2, 0.25) is 5.91 Å². The maximum atomic E-state index is 13.0. The largest absolute Gasteiger partial charge is 0.506 e. The van der Waals surface area contributed by atoms with E-state index in [0.29, 0.717) is 16.3 Å². The van der Waals surface area contributed by atoms with Gasteiger partial charge in [-0.15, -0.1) is 11.8 Å². The molecule has 2 atom stereocenters. The first-order valence-corrected chi connectivity index (χ1v) is 10.5. The number of anilines is 1. The molecule has 1 aliphatic rings. The van der Waals surface area contributed by atoms with Gasteiger partial charge >= 0.3 is 5.97 Å². The summed E-state index contributed by atoms with van der Waals surface area (Å²) in [5.74, 6) is -0.650. The zero-order chi connectivity index (χ0) is 20.7. The van der Waals surface area contributed by atoms with Crippen molar-refractivity contribution in [2.24, 2.45) is 0 Å². The number of amides is 1. The number of nitrogens with one attached hydrogen (secondary N) is 1. The molecule has 1 aromatic heterocycles. The number of esters is 1. The van der Waals surface area contributed by atoms with E-state index in [9.17, 15) is 14.7 Å². The van der Waals surface area contributed by atoms with Gasteiger partial charge in [0, 0.05) is 21.5 Å². The molecule has 2 heterocycles. The van der Waals surface area contributed by atoms with Crippen LogP contribution in [0.15, 0.2) is 42.5 Å². The third-order valence-corrected chi connectivity index (χ3v) is 6.37. The molecule has 0 aliphatic carbocycles. The maximum Gasteiger partial charge on any atom is 0.355 e. The van der Waals surface area contributed by atoms with Crippen molar-refractivity contribution in [3.8, 4) is 5.75 Å². The quantitative estimate of drug-likeness (QED) is 0.577. The van der Waals surface area contributed by atoms with Crippen LogP contribution in [0, 0.1) is 0 Å². The van der Waals surface area contributed by atoms with Crippen LogP contribution in [0.3, 0.4) is 0 Å². The average Bonchev–Trinajstić information content (AvgIpc) is 3.20. The van der Waals surface area contributed by atoms with E-state index in [-0.39, 0.29) is 29.2 Å². The molecule has 2 N–H and O–H groups in total. The summed E-state index contributed by atoms with van der Waals surface area (Å²) < 4.78 is 5.24. The van der Waals surface area contributed by atoms with Crippen molar-refractivity contribution >= 4 is 51.8 Å². The zero-order valence-corrected chi connectivity index (χ0v) is 17.4. The number of nitrogens with zero attached hydrogens (tertiary/aromatic N) is 1. The number of halogens is 1. The summed E-state index contributed by atoms with van der Waals surface area (Å²) in [7, 11) is 0. The highest BCUT2D eigenvalue weighted by atomic mass is 35.5. The van der Waals surface area contributed by atoms with E-state index in [4.69, 9.17) is 16.3 Å². The van der Waals surface area contributed by atoms with Crippen LogP contribution < -0.4 is 4.90 Å². The minimum atomic E-state index is -0.530. The van der Waals surface area contributed by atoms with Crippen LogP contribution in [-0.4, -0.2) is 33.8 Å². The third kappa shape index (κ3) is 3.34. The molecule has 0 bridgehead atoms. The third-order valence-electron chi connectivity index (χ3n) is 4.82. The van der Waals surface area contributed by atoms with Crippen LogP contribution in [0.5, 0.6) is 5.75 Å². The Labute approximate surface area is 176 Å². The van der Waals surface area contributed by atoms with Gasteiger partial charge in [0.15, 0.2) is 0 Å². The number of benzene rings is 2. The molecule has 150 valence electrons.